The standard InChI is InChI=1S/C57H38N2/c1-5-18-39(19-6-1)40-32-34-42(35-33-40)53-38-52(41-20-7-2-8-21-41)58-56(59-53)45-24-17-23-43(36-45)50-37-44-22-13-14-29-48(44)55-54(50)49-30-15-16-31-51(49)57(55,46-25-9-3-10-26-46)47-27-11-4-12-28-47/h1-38H. The van der Waals surface area contributed by atoms with Gasteiger partial charge in [-0.05, 0) is 84.6 Å². The molecule has 0 spiro atoms. The molecule has 9 aromatic carbocycles. The van der Waals surface area contributed by atoms with Gasteiger partial charge in [-0.1, -0.05) is 212 Å². The summed E-state index contributed by atoms with van der Waals surface area (Å²) in [5, 5.41) is 2.47. The average Bonchev–Trinajstić information content (AvgIpc) is 3.65. The second-order valence-electron chi connectivity index (χ2n) is 15.3. The summed E-state index contributed by atoms with van der Waals surface area (Å²) >= 11 is 0. The summed E-state index contributed by atoms with van der Waals surface area (Å²) in [5.41, 5.74) is 16.6. The van der Waals surface area contributed by atoms with Gasteiger partial charge in [0.2, 0.25) is 0 Å². The molecule has 0 aliphatic heterocycles. The highest BCUT2D eigenvalue weighted by molar-refractivity contribution is 6.07. The maximum absolute atomic E-state index is 5.29. The fourth-order valence-corrected chi connectivity index (χ4v) is 9.32. The minimum absolute atomic E-state index is 0.528. The second-order valence-corrected chi connectivity index (χ2v) is 15.3. The van der Waals surface area contributed by atoms with Crippen molar-refractivity contribution < 1.29 is 0 Å². The smallest absolute Gasteiger partial charge is 0.160 e. The molecule has 0 atom stereocenters. The Labute approximate surface area is 344 Å². The van der Waals surface area contributed by atoms with Gasteiger partial charge in [-0.15, -0.1) is 0 Å². The molecule has 1 heterocycles. The summed E-state index contributed by atoms with van der Waals surface area (Å²) in [6.45, 7) is 0. The Morgan fingerprint density at radius 3 is 1.49 bits per heavy atom. The lowest BCUT2D eigenvalue weighted by atomic mass is 9.66. The van der Waals surface area contributed by atoms with Crippen molar-refractivity contribution in [2.75, 3.05) is 0 Å². The summed E-state index contributed by atoms with van der Waals surface area (Å²) in [6.07, 6.45) is 0. The number of aromatic nitrogens is 2. The van der Waals surface area contributed by atoms with Gasteiger partial charge in [-0.2, -0.15) is 0 Å². The predicted molar refractivity (Wildman–Crippen MR) is 244 cm³/mol. The van der Waals surface area contributed by atoms with E-state index in [1.807, 2.05) is 6.07 Å². The lowest BCUT2D eigenvalue weighted by Gasteiger charge is -2.35. The third kappa shape index (κ3) is 5.80. The average molecular weight is 751 g/mol. The van der Waals surface area contributed by atoms with Crippen LogP contribution in [-0.4, -0.2) is 9.97 Å². The van der Waals surface area contributed by atoms with E-state index in [9.17, 15) is 0 Å². The molecule has 59 heavy (non-hydrogen) atoms. The van der Waals surface area contributed by atoms with Crippen LogP contribution in [0.5, 0.6) is 0 Å². The quantitative estimate of drug-likeness (QED) is 0.162. The van der Waals surface area contributed by atoms with Crippen molar-refractivity contribution in [2.24, 2.45) is 0 Å². The van der Waals surface area contributed by atoms with Crippen LogP contribution >= 0.6 is 0 Å². The molecule has 11 rings (SSSR count). The van der Waals surface area contributed by atoms with Crippen LogP contribution in [0.2, 0.25) is 0 Å². The first-order chi connectivity index (χ1) is 29.3. The van der Waals surface area contributed by atoms with Crippen molar-refractivity contribution in [1.29, 1.82) is 0 Å². The minimum atomic E-state index is -0.528. The molecule has 10 aromatic rings. The van der Waals surface area contributed by atoms with Gasteiger partial charge in [0.1, 0.15) is 0 Å². The molecule has 0 amide bonds. The van der Waals surface area contributed by atoms with Crippen LogP contribution in [0.3, 0.4) is 0 Å². The zero-order valence-corrected chi connectivity index (χ0v) is 32.3. The molecule has 2 heteroatoms. The van der Waals surface area contributed by atoms with Gasteiger partial charge in [0.05, 0.1) is 16.8 Å². The van der Waals surface area contributed by atoms with E-state index in [2.05, 4.69) is 224 Å². The van der Waals surface area contributed by atoms with Gasteiger partial charge in [0, 0.05) is 16.7 Å². The molecular weight excluding hydrogens is 713 g/mol. The van der Waals surface area contributed by atoms with Crippen molar-refractivity contribution in [2.45, 2.75) is 5.41 Å². The van der Waals surface area contributed by atoms with Crippen LogP contribution in [0.1, 0.15) is 22.3 Å². The van der Waals surface area contributed by atoms with Crippen molar-refractivity contribution in [3.8, 4) is 67.3 Å². The van der Waals surface area contributed by atoms with Gasteiger partial charge in [-0.25, -0.2) is 9.97 Å². The first kappa shape index (κ1) is 34.6. The van der Waals surface area contributed by atoms with Gasteiger partial charge in [0.25, 0.3) is 0 Å². The first-order valence-electron chi connectivity index (χ1n) is 20.2. The van der Waals surface area contributed by atoms with Gasteiger partial charge >= 0.3 is 0 Å². The van der Waals surface area contributed by atoms with Crippen molar-refractivity contribution >= 4 is 10.8 Å². The third-order valence-corrected chi connectivity index (χ3v) is 12.0. The topological polar surface area (TPSA) is 25.8 Å². The van der Waals surface area contributed by atoms with E-state index in [0.29, 0.717) is 5.82 Å². The van der Waals surface area contributed by atoms with E-state index in [1.54, 1.807) is 0 Å². The fourth-order valence-electron chi connectivity index (χ4n) is 9.32. The summed E-state index contributed by atoms with van der Waals surface area (Å²) in [6, 6.07) is 82.9. The Morgan fingerprint density at radius 2 is 0.814 bits per heavy atom. The van der Waals surface area contributed by atoms with E-state index >= 15 is 0 Å². The highest BCUT2D eigenvalue weighted by Crippen LogP contribution is 2.60. The van der Waals surface area contributed by atoms with Crippen LogP contribution in [0.25, 0.3) is 78.1 Å². The molecule has 1 aromatic heterocycles. The maximum atomic E-state index is 5.29. The minimum Gasteiger partial charge on any atom is -0.228 e. The number of benzene rings is 9. The molecule has 0 fully saturated rings. The summed E-state index contributed by atoms with van der Waals surface area (Å²) in [4.78, 5) is 10.5. The molecule has 276 valence electrons. The maximum Gasteiger partial charge on any atom is 0.160 e. The highest BCUT2D eigenvalue weighted by atomic mass is 14.9. The van der Waals surface area contributed by atoms with Crippen LogP contribution in [0, 0.1) is 0 Å². The Kier molecular flexibility index (Phi) is 8.41. The molecule has 1 aliphatic rings. The highest BCUT2D eigenvalue weighted by Gasteiger charge is 2.48. The van der Waals surface area contributed by atoms with Gasteiger partial charge in [-0.3, -0.25) is 0 Å². The largest absolute Gasteiger partial charge is 0.228 e. The Morgan fingerprint density at radius 1 is 0.322 bits per heavy atom. The Balaban J connectivity index is 1.13. The van der Waals surface area contributed by atoms with E-state index < -0.39 is 5.41 Å². The number of rotatable bonds is 7. The summed E-state index contributed by atoms with van der Waals surface area (Å²) in [5.74, 6) is 0.691. The number of hydrogen-bond donors (Lipinski definition) is 0. The van der Waals surface area contributed by atoms with Crippen molar-refractivity contribution in [3.63, 3.8) is 0 Å². The molecule has 0 bridgehead atoms. The third-order valence-electron chi connectivity index (χ3n) is 12.0. The van der Waals surface area contributed by atoms with E-state index in [4.69, 9.17) is 9.97 Å². The summed E-state index contributed by atoms with van der Waals surface area (Å²) < 4.78 is 0. The summed E-state index contributed by atoms with van der Waals surface area (Å²) in [7, 11) is 0. The monoisotopic (exact) mass is 750 g/mol. The first-order valence-corrected chi connectivity index (χ1v) is 20.2. The molecular formula is C57H38N2. The molecule has 0 radical (unpaired) electrons. The van der Waals surface area contributed by atoms with E-state index in [-0.39, 0.29) is 0 Å². The molecule has 0 saturated carbocycles. The second kappa shape index (κ2) is 14.4. The SMILES string of the molecule is c1ccc(-c2ccc(-c3cc(-c4ccccc4)nc(-c4cccc(-c5cc6ccccc6c6c5-c5ccccc5C6(c5ccccc5)c5ccccc5)c4)n3)cc2)cc1. The van der Waals surface area contributed by atoms with Crippen molar-refractivity contribution in [3.05, 3.63) is 253 Å². The van der Waals surface area contributed by atoms with Crippen LogP contribution in [-0.2, 0) is 5.41 Å². The van der Waals surface area contributed by atoms with Crippen LogP contribution in [0.4, 0.5) is 0 Å². The molecule has 0 N–H and O–H groups in total. The lowest BCUT2D eigenvalue weighted by molar-refractivity contribution is 0.775. The predicted octanol–water partition coefficient (Wildman–Crippen LogP) is 14.3. The van der Waals surface area contributed by atoms with E-state index in [1.165, 1.54) is 60.8 Å². The van der Waals surface area contributed by atoms with Crippen LogP contribution < -0.4 is 0 Å². The van der Waals surface area contributed by atoms with Crippen molar-refractivity contribution in [1.82, 2.24) is 9.97 Å². The zero-order valence-electron chi connectivity index (χ0n) is 32.3. The van der Waals surface area contributed by atoms with E-state index in [0.717, 1.165) is 33.6 Å². The number of hydrogen-bond acceptors (Lipinski definition) is 2. The van der Waals surface area contributed by atoms with Gasteiger partial charge in [0.15, 0.2) is 5.82 Å². The molecule has 0 saturated heterocycles. The Hall–Kier alpha value is -7.68. The zero-order chi connectivity index (χ0) is 39.2. The molecule has 1 aliphatic carbocycles. The number of nitrogens with zero attached hydrogens (tertiary/aromatic N) is 2. The fraction of sp³-hybridized carbons (Fsp3) is 0.0175. The molecule has 2 nitrogen and oxygen atoms in total. The molecule has 0 unspecified atom stereocenters. The Bertz CT molecular complexity index is 3080. The number of fused-ring (bicyclic) bond motifs is 5. The van der Waals surface area contributed by atoms with Gasteiger partial charge < -0.3 is 0 Å². The lowest BCUT2D eigenvalue weighted by Crippen LogP contribution is -2.28. The normalized spacial score (nSPS) is 12.5. The van der Waals surface area contributed by atoms with Crippen LogP contribution in [0.15, 0.2) is 231 Å².